The van der Waals surface area contributed by atoms with Crippen LogP contribution < -0.4 is 5.73 Å². The van der Waals surface area contributed by atoms with Crippen molar-refractivity contribution in [3.8, 4) is 0 Å². The van der Waals surface area contributed by atoms with Gasteiger partial charge < -0.3 is 5.73 Å². The van der Waals surface area contributed by atoms with E-state index in [0.717, 1.165) is 16.2 Å². The molecule has 1 aromatic rings. The molecule has 1 aliphatic rings. The van der Waals surface area contributed by atoms with Gasteiger partial charge in [0.2, 0.25) is 0 Å². The van der Waals surface area contributed by atoms with E-state index in [1.54, 1.807) is 0 Å². The lowest BCUT2D eigenvalue weighted by molar-refractivity contribution is 0.477. The highest BCUT2D eigenvalue weighted by molar-refractivity contribution is 7.99. The van der Waals surface area contributed by atoms with Crippen molar-refractivity contribution in [2.24, 2.45) is 11.7 Å². The predicted octanol–water partition coefficient (Wildman–Crippen LogP) is 2.71. The van der Waals surface area contributed by atoms with E-state index >= 15 is 0 Å². The summed E-state index contributed by atoms with van der Waals surface area (Å²) in [5.41, 5.74) is 6.64. The van der Waals surface area contributed by atoms with Crippen LogP contribution in [0.25, 0.3) is 0 Å². The zero-order chi connectivity index (χ0) is 10.3. The Bertz CT molecular complexity index is 367. The van der Waals surface area contributed by atoms with Gasteiger partial charge in [0.1, 0.15) is 0 Å². The van der Waals surface area contributed by atoms with Gasteiger partial charge in [0.25, 0.3) is 0 Å². The normalized spacial score (nSPS) is 26.0. The number of hydrogen-bond acceptors (Lipinski definition) is 2. The summed E-state index contributed by atoms with van der Waals surface area (Å²) < 4.78 is 25.9. The van der Waals surface area contributed by atoms with Crippen molar-refractivity contribution < 1.29 is 8.78 Å². The smallest absolute Gasteiger partial charge is 0.159 e. The van der Waals surface area contributed by atoms with Crippen LogP contribution in [-0.2, 0) is 0 Å². The van der Waals surface area contributed by atoms with Gasteiger partial charge in [0.15, 0.2) is 11.6 Å². The first-order valence-corrected chi connectivity index (χ1v) is 5.45. The second kappa shape index (κ2) is 3.51. The molecular formula is C10H11F2NS. The lowest BCUT2D eigenvalue weighted by atomic mass is 9.96. The highest BCUT2D eigenvalue weighted by atomic mass is 32.2. The molecule has 0 amide bonds. The number of rotatable bonds is 0. The molecule has 0 saturated carbocycles. The molecule has 0 aliphatic carbocycles. The van der Waals surface area contributed by atoms with E-state index in [1.807, 2.05) is 6.92 Å². The minimum absolute atomic E-state index is 0.179. The fourth-order valence-electron chi connectivity index (χ4n) is 1.56. The summed E-state index contributed by atoms with van der Waals surface area (Å²) in [4.78, 5) is 0.773. The highest BCUT2D eigenvalue weighted by Crippen LogP contribution is 2.38. The van der Waals surface area contributed by atoms with Gasteiger partial charge >= 0.3 is 0 Å². The van der Waals surface area contributed by atoms with Crippen LogP contribution in [0.3, 0.4) is 0 Å². The second-order valence-electron chi connectivity index (χ2n) is 3.62. The standard InChI is InChI=1S/C10H11F2NS/c1-5-4-14-9-3-8(12)7(11)2-6(9)10(5)13/h2-3,5,10H,4,13H2,1H3. The van der Waals surface area contributed by atoms with Crippen LogP contribution in [-0.4, -0.2) is 5.75 Å². The van der Waals surface area contributed by atoms with Crippen molar-refractivity contribution in [2.45, 2.75) is 17.9 Å². The van der Waals surface area contributed by atoms with Crippen molar-refractivity contribution in [1.82, 2.24) is 0 Å². The third-order valence-electron chi connectivity index (χ3n) is 2.53. The topological polar surface area (TPSA) is 26.0 Å². The van der Waals surface area contributed by atoms with E-state index in [0.29, 0.717) is 5.92 Å². The van der Waals surface area contributed by atoms with Crippen LogP contribution in [0.5, 0.6) is 0 Å². The van der Waals surface area contributed by atoms with Gasteiger partial charge in [-0.2, -0.15) is 0 Å². The van der Waals surface area contributed by atoms with Gasteiger partial charge in [0, 0.05) is 16.7 Å². The first-order chi connectivity index (χ1) is 6.59. The molecule has 0 radical (unpaired) electrons. The number of halogens is 2. The average molecular weight is 215 g/mol. The zero-order valence-electron chi connectivity index (χ0n) is 7.76. The fraction of sp³-hybridized carbons (Fsp3) is 0.400. The summed E-state index contributed by atoms with van der Waals surface area (Å²) in [6.07, 6.45) is 0. The van der Waals surface area contributed by atoms with Gasteiger partial charge in [0.05, 0.1) is 0 Å². The molecule has 76 valence electrons. The first-order valence-electron chi connectivity index (χ1n) is 4.47. The maximum atomic E-state index is 13.0. The van der Waals surface area contributed by atoms with Crippen molar-refractivity contribution in [3.05, 3.63) is 29.3 Å². The Hall–Kier alpha value is -0.610. The van der Waals surface area contributed by atoms with Gasteiger partial charge in [-0.1, -0.05) is 6.92 Å². The summed E-state index contributed by atoms with van der Waals surface area (Å²) in [5.74, 6) is -0.441. The lowest BCUT2D eigenvalue weighted by Gasteiger charge is -2.27. The number of benzene rings is 1. The molecule has 0 spiro atoms. The van der Waals surface area contributed by atoms with Gasteiger partial charge in [-0.25, -0.2) is 8.78 Å². The van der Waals surface area contributed by atoms with E-state index in [1.165, 1.54) is 23.9 Å². The van der Waals surface area contributed by atoms with Crippen molar-refractivity contribution in [2.75, 3.05) is 5.75 Å². The molecule has 1 nitrogen and oxygen atoms in total. The molecular weight excluding hydrogens is 204 g/mol. The molecule has 2 N–H and O–H groups in total. The quantitative estimate of drug-likeness (QED) is 0.720. The molecule has 14 heavy (non-hydrogen) atoms. The van der Waals surface area contributed by atoms with Crippen LogP contribution >= 0.6 is 11.8 Å². The lowest BCUT2D eigenvalue weighted by Crippen LogP contribution is -2.25. The predicted molar refractivity (Wildman–Crippen MR) is 53.2 cm³/mol. The van der Waals surface area contributed by atoms with Crippen molar-refractivity contribution in [3.63, 3.8) is 0 Å². The third kappa shape index (κ3) is 1.53. The Morgan fingerprint density at radius 2 is 2.00 bits per heavy atom. The minimum Gasteiger partial charge on any atom is -0.324 e. The number of thioether (sulfide) groups is 1. The minimum atomic E-state index is -0.811. The summed E-state index contributed by atoms with van der Waals surface area (Å²) >= 11 is 1.54. The summed E-state index contributed by atoms with van der Waals surface area (Å²) in [6.45, 7) is 2.02. The Morgan fingerprint density at radius 3 is 2.71 bits per heavy atom. The number of hydrogen-bond donors (Lipinski definition) is 1. The van der Waals surface area contributed by atoms with Crippen LogP contribution in [0, 0.1) is 17.6 Å². The SMILES string of the molecule is CC1CSc2cc(F)c(F)cc2C1N. The molecule has 2 unspecified atom stereocenters. The number of nitrogens with two attached hydrogens (primary N) is 1. The molecule has 0 aromatic heterocycles. The van der Waals surface area contributed by atoms with Crippen molar-refractivity contribution in [1.29, 1.82) is 0 Å². The highest BCUT2D eigenvalue weighted by Gasteiger charge is 2.25. The Morgan fingerprint density at radius 1 is 1.36 bits per heavy atom. The van der Waals surface area contributed by atoms with E-state index in [-0.39, 0.29) is 6.04 Å². The van der Waals surface area contributed by atoms with Gasteiger partial charge in [-0.05, 0) is 23.6 Å². The van der Waals surface area contributed by atoms with E-state index < -0.39 is 11.6 Å². The third-order valence-corrected chi connectivity index (χ3v) is 3.88. The van der Waals surface area contributed by atoms with Crippen LogP contribution in [0.2, 0.25) is 0 Å². The van der Waals surface area contributed by atoms with Crippen molar-refractivity contribution >= 4 is 11.8 Å². The van der Waals surface area contributed by atoms with Crippen LogP contribution in [0.4, 0.5) is 8.78 Å². The molecule has 2 atom stereocenters. The maximum absolute atomic E-state index is 13.0. The molecule has 0 saturated heterocycles. The maximum Gasteiger partial charge on any atom is 0.159 e. The number of fused-ring (bicyclic) bond motifs is 1. The zero-order valence-corrected chi connectivity index (χ0v) is 8.57. The molecule has 1 aliphatic heterocycles. The molecule has 0 bridgehead atoms. The van der Waals surface area contributed by atoms with E-state index in [2.05, 4.69) is 0 Å². The van der Waals surface area contributed by atoms with Crippen LogP contribution in [0.15, 0.2) is 17.0 Å². The Kier molecular flexibility index (Phi) is 2.49. The van der Waals surface area contributed by atoms with E-state index in [9.17, 15) is 8.78 Å². The molecule has 4 heteroatoms. The Balaban J connectivity index is 2.50. The molecule has 1 heterocycles. The van der Waals surface area contributed by atoms with Crippen LogP contribution in [0.1, 0.15) is 18.5 Å². The average Bonchev–Trinajstić information content (AvgIpc) is 2.15. The largest absolute Gasteiger partial charge is 0.324 e. The second-order valence-corrected chi connectivity index (χ2v) is 4.68. The first kappa shape index (κ1) is 9.93. The molecule has 0 fully saturated rings. The van der Waals surface area contributed by atoms with Gasteiger partial charge in [-0.15, -0.1) is 11.8 Å². The molecule has 2 rings (SSSR count). The monoisotopic (exact) mass is 215 g/mol. The Labute approximate surface area is 85.7 Å². The summed E-state index contributed by atoms with van der Waals surface area (Å²) in [5, 5.41) is 0. The summed E-state index contributed by atoms with van der Waals surface area (Å²) in [7, 11) is 0. The summed E-state index contributed by atoms with van der Waals surface area (Å²) in [6, 6.07) is 2.28. The fourth-order valence-corrected chi connectivity index (χ4v) is 2.76. The van der Waals surface area contributed by atoms with Gasteiger partial charge in [-0.3, -0.25) is 0 Å². The van der Waals surface area contributed by atoms with E-state index in [4.69, 9.17) is 5.73 Å². The molecule has 1 aromatic carbocycles.